The second-order valence-corrected chi connectivity index (χ2v) is 4.55. The average Bonchev–Trinajstić information content (AvgIpc) is 2.35. The quantitative estimate of drug-likeness (QED) is 0.641. The van der Waals surface area contributed by atoms with Crippen molar-refractivity contribution >= 4 is 16.9 Å². The molecule has 19 heavy (non-hydrogen) atoms. The Bertz CT molecular complexity index is 649. The Kier molecular flexibility index (Phi) is 3.29. The fourth-order valence-electron chi connectivity index (χ4n) is 1.92. The zero-order chi connectivity index (χ0) is 14.2. The summed E-state index contributed by atoms with van der Waals surface area (Å²) < 4.78 is 5.06. The van der Waals surface area contributed by atoms with Gasteiger partial charge in [-0.3, -0.25) is 4.98 Å². The van der Waals surface area contributed by atoms with E-state index in [1.807, 2.05) is 0 Å². The van der Waals surface area contributed by atoms with Gasteiger partial charge >= 0.3 is 5.97 Å². The molecule has 1 heterocycles. The van der Waals surface area contributed by atoms with E-state index in [-0.39, 0.29) is 34.2 Å². The molecule has 0 spiro atoms. The molecule has 1 aromatic carbocycles. The molecule has 0 aliphatic heterocycles. The number of rotatable bonds is 2. The van der Waals surface area contributed by atoms with E-state index in [0.29, 0.717) is 5.39 Å². The predicted molar refractivity (Wildman–Crippen MR) is 70.4 cm³/mol. The Hall–Kier alpha value is -2.30. The van der Waals surface area contributed by atoms with Gasteiger partial charge in [-0.15, -0.1) is 0 Å². The molecule has 0 saturated heterocycles. The van der Waals surface area contributed by atoms with Crippen LogP contribution >= 0.6 is 0 Å². The largest absolute Gasteiger partial charge is 0.507 e. The van der Waals surface area contributed by atoms with Crippen LogP contribution in [0.5, 0.6) is 11.5 Å². The lowest BCUT2D eigenvalue weighted by Crippen LogP contribution is -2.13. The van der Waals surface area contributed by atoms with E-state index in [1.54, 1.807) is 32.9 Å². The number of carbonyl (C=O) groups excluding carboxylic acids is 1. The van der Waals surface area contributed by atoms with E-state index in [2.05, 4.69) is 4.98 Å². The van der Waals surface area contributed by atoms with Crippen LogP contribution in [0.2, 0.25) is 0 Å². The first-order chi connectivity index (χ1) is 8.93. The highest BCUT2D eigenvalue weighted by molar-refractivity contribution is 6.04. The molecule has 2 N–H and O–H groups in total. The molecule has 0 fully saturated rings. The van der Waals surface area contributed by atoms with Crippen molar-refractivity contribution < 1.29 is 19.7 Å². The maximum absolute atomic E-state index is 12.0. The number of aromatic hydroxyl groups is 2. The standard InChI is InChI=1S/C14H15NO4/c1-7(2)19-14(18)10-8(3)12(16)9-5-4-6-15-11(9)13(10)17/h4-7,16-17H,1-3H3. The molecule has 5 nitrogen and oxygen atoms in total. The summed E-state index contributed by atoms with van der Waals surface area (Å²) in [5, 5.41) is 20.7. The molecule has 100 valence electrons. The summed E-state index contributed by atoms with van der Waals surface area (Å²) in [6.07, 6.45) is 1.17. The molecule has 2 aromatic rings. The summed E-state index contributed by atoms with van der Waals surface area (Å²) in [5.74, 6) is -1.01. The molecule has 0 aliphatic carbocycles. The lowest BCUT2D eigenvalue weighted by atomic mass is 10.0. The molecule has 0 radical (unpaired) electrons. The summed E-state index contributed by atoms with van der Waals surface area (Å²) in [5.41, 5.74) is 0.419. The zero-order valence-electron chi connectivity index (χ0n) is 11.0. The van der Waals surface area contributed by atoms with E-state index in [1.165, 1.54) is 6.20 Å². The van der Waals surface area contributed by atoms with E-state index in [4.69, 9.17) is 4.74 Å². The van der Waals surface area contributed by atoms with Crippen LogP contribution in [0.4, 0.5) is 0 Å². The van der Waals surface area contributed by atoms with Crippen LogP contribution in [0.25, 0.3) is 10.9 Å². The number of benzene rings is 1. The number of esters is 1. The zero-order valence-corrected chi connectivity index (χ0v) is 11.0. The minimum atomic E-state index is -0.673. The third kappa shape index (κ3) is 2.19. The number of aromatic nitrogens is 1. The highest BCUT2D eigenvalue weighted by atomic mass is 16.5. The molecular weight excluding hydrogens is 246 g/mol. The van der Waals surface area contributed by atoms with E-state index >= 15 is 0 Å². The summed E-state index contributed by atoms with van der Waals surface area (Å²) >= 11 is 0. The molecule has 5 heteroatoms. The average molecular weight is 261 g/mol. The van der Waals surface area contributed by atoms with Gasteiger partial charge < -0.3 is 14.9 Å². The van der Waals surface area contributed by atoms with Gasteiger partial charge in [-0.05, 0) is 32.9 Å². The molecule has 0 saturated carbocycles. The number of carbonyl (C=O) groups is 1. The summed E-state index contributed by atoms with van der Waals surface area (Å²) in [6, 6.07) is 3.27. The second-order valence-electron chi connectivity index (χ2n) is 4.55. The van der Waals surface area contributed by atoms with Gasteiger partial charge in [0.2, 0.25) is 0 Å². The summed E-state index contributed by atoms with van der Waals surface area (Å²) in [4.78, 5) is 16.0. The maximum Gasteiger partial charge on any atom is 0.342 e. The first kappa shape index (κ1) is 13.1. The van der Waals surface area contributed by atoms with Gasteiger partial charge in [0.15, 0.2) is 5.75 Å². The normalized spacial score (nSPS) is 10.9. The lowest BCUT2D eigenvalue weighted by Gasteiger charge is -2.14. The van der Waals surface area contributed by atoms with Crippen LogP contribution in [-0.2, 0) is 4.74 Å². The van der Waals surface area contributed by atoms with E-state index in [9.17, 15) is 15.0 Å². The van der Waals surface area contributed by atoms with Crippen LogP contribution < -0.4 is 0 Å². The van der Waals surface area contributed by atoms with E-state index in [0.717, 1.165) is 0 Å². The molecule has 0 amide bonds. The van der Waals surface area contributed by atoms with Crippen molar-refractivity contribution in [2.45, 2.75) is 26.9 Å². The Morgan fingerprint density at radius 1 is 1.32 bits per heavy atom. The number of phenolic OH excluding ortho intramolecular Hbond substituents is 2. The van der Waals surface area contributed by atoms with E-state index < -0.39 is 5.97 Å². The number of fused-ring (bicyclic) bond motifs is 1. The van der Waals surface area contributed by atoms with Crippen LogP contribution in [0.15, 0.2) is 18.3 Å². The fraction of sp³-hybridized carbons (Fsp3) is 0.286. The number of pyridine rings is 1. The van der Waals surface area contributed by atoms with Gasteiger partial charge in [-0.2, -0.15) is 0 Å². The van der Waals surface area contributed by atoms with Crippen LogP contribution in [0.1, 0.15) is 29.8 Å². The second kappa shape index (κ2) is 4.76. The lowest BCUT2D eigenvalue weighted by molar-refractivity contribution is 0.0373. The predicted octanol–water partition coefficient (Wildman–Crippen LogP) is 2.52. The Balaban J connectivity index is 2.71. The monoisotopic (exact) mass is 261 g/mol. The minimum absolute atomic E-state index is 0.0441. The number of hydrogen-bond acceptors (Lipinski definition) is 5. The number of hydrogen-bond donors (Lipinski definition) is 2. The van der Waals surface area contributed by atoms with Crippen molar-refractivity contribution in [1.29, 1.82) is 0 Å². The third-order valence-corrected chi connectivity index (χ3v) is 2.80. The van der Waals surface area contributed by atoms with Crippen molar-refractivity contribution in [1.82, 2.24) is 4.98 Å². The SMILES string of the molecule is Cc1c(C(=O)OC(C)C)c(O)c2ncccc2c1O. The number of ether oxygens (including phenoxy) is 1. The van der Waals surface area contributed by atoms with Gasteiger partial charge in [-0.1, -0.05) is 0 Å². The third-order valence-electron chi connectivity index (χ3n) is 2.80. The molecule has 0 atom stereocenters. The molecule has 0 unspecified atom stereocenters. The van der Waals surface area contributed by atoms with Crippen LogP contribution in [-0.4, -0.2) is 27.3 Å². The molecule has 0 bridgehead atoms. The Morgan fingerprint density at radius 2 is 2.00 bits per heavy atom. The minimum Gasteiger partial charge on any atom is -0.507 e. The first-order valence-electron chi connectivity index (χ1n) is 5.93. The topological polar surface area (TPSA) is 79.7 Å². The molecule has 2 rings (SSSR count). The van der Waals surface area contributed by atoms with Crippen LogP contribution in [0, 0.1) is 6.92 Å². The molecular formula is C14H15NO4. The Labute approximate surface area is 110 Å². The first-order valence-corrected chi connectivity index (χ1v) is 5.93. The van der Waals surface area contributed by atoms with Crippen molar-refractivity contribution in [2.75, 3.05) is 0 Å². The molecule has 1 aromatic heterocycles. The van der Waals surface area contributed by atoms with Gasteiger partial charge in [0.05, 0.1) is 6.10 Å². The van der Waals surface area contributed by atoms with Gasteiger partial charge in [0.25, 0.3) is 0 Å². The summed E-state index contributed by atoms with van der Waals surface area (Å²) in [7, 11) is 0. The fourth-order valence-corrected chi connectivity index (χ4v) is 1.92. The smallest absolute Gasteiger partial charge is 0.342 e. The highest BCUT2D eigenvalue weighted by Gasteiger charge is 2.23. The van der Waals surface area contributed by atoms with Crippen molar-refractivity contribution in [2.24, 2.45) is 0 Å². The Morgan fingerprint density at radius 3 is 2.63 bits per heavy atom. The van der Waals surface area contributed by atoms with Crippen molar-refractivity contribution in [3.8, 4) is 11.5 Å². The van der Waals surface area contributed by atoms with Gasteiger partial charge in [0, 0.05) is 17.1 Å². The van der Waals surface area contributed by atoms with Crippen LogP contribution in [0.3, 0.4) is 0 Å². The van der Waals surface area contributed by atoms with Crippen molar-refractivity contribution in [3.63, 3.8) is 0 Å². The maximum atomic E-state index is 12.0. The van der Waals surface area contributed by atoms with Crippen molar-refractivity contribution in [3.05, 3.63) is 29.5 Å². The number of nitrogens with zero attached hydrogens (tertiary/aromatic N) is 1. The molecule has 0 aliphatic rings. The van der Waals surface area contributed by atoms with Gasteiger partial charge in [-0.25, -0.2) is 4.79 Å². The highest BCUT2D eigenvalue weighted by Crippen LogP contribution is 2.38. The van der Waals surface area contributed by atoms with Gasteiger partial charge in [0.1, 0.15) is 16.8 Å². The number of phenols is 2. The summed E-state index contributed by atoms with van der Waals surface area (Å²) in [6.45, 7) is 4.98.